The highest BCUT2D eigenvalue weighted by Gasteiger charge is 2.29. The zero-order valence-corrected chi connectivity index (χ0v) is 12.8. The van der Waals surface area contributed by atoms with Gasteiger partial charge in [0.15, 0.2) is 11.5 Å². The van der Waals surface area contributed by atoms with Crippen LogP contribution < -0.4 is 19.9 Å². The molecule has 4 rings (SSSR count). The number of hydrogen-bond acceptors (Lipinski definition) is 4. The van der Waals surface area contributed by atoms with Gasteiger partial charge in [-0.1, -0.05) is 18.2 Å². The van der Waals surface area contributed by atoms with E-state index in [1.807, 2.05) is 36.4 Å². The summed E-state index contributed by atoms with van der Waals surface area (Å²) in [6, 6.07) is 11.9. The number of rotatable bonds is 1. The van der Waals surface area contributed by atoms with Gasteiger partial charge in [0.2, 0.25) is 6.79 Å². The third kappa shape index (κ3) is 2.17. The molecule has 108 valence electrons. The van der Waals surface area contributed by atoms with E-state index in [9.17, 15) is 0 Å². The highest BCUT2D eigenvalue weighted by molar-refractivity contribution is 9.10. The molecular weight excluding hydrogens is 334 g/mol. The van der Waals surface area contributed by atoms with E-state index < -0.39 is 0 Å². The van der Waals surface area contributed by atoms with Crippen LogP contribution in [-0.4, -0.2) is 6.79 Å². The Hall–Kier alpha value is -1.72. The summed E-state index contributed by atoms with van der Waals surface area (Å²) in [5, 5.41) is 0. The van der Waals surface area contributed by atoms with Gasteiger partial charge in [0.1, 0.15) is 11.9 Å². The van der Waals surface area contributed by atoms with Crippen LogP contribution in [0.3, 0.4) is 0 Å². The summed E-state index contributed by atoms with van der Waals surface area (Å²) < 4.78 is 17.9. The summed E-state index contributed by atoms with van der Waals surface area (Å²) in [5.41, 5.74) is 8.38. The predicted molar refractivity (Wildman–Crippen MR) is 81.6 cm³/mol. The van der Waals surface area contributed by atoms with Gasteiger partial charge >= 0.3 is 0 Å². The molecule has 0 bridgehead atoms. The quantitative estimate of drug-likeness (QED) is 0.854. The number of nitrogens with two attached hydrogens (primary N) is 1. The number of halogens is 1. The molecule has 5 heteroatoms. The van der Waals surface area contributed by atoms with Crippen molar-refractivity contribution in [3.63, 3.8) is 0 Å². The molecule has 2 atom stereocenters. The highest BCUT2D eigenvalue weighted by atomic mass is 79.9. The Morgan fingerprint density at radius 3 is 2.86 bits per heavy atom. The van der Waals surface area contributed by atoms with E-state index in [2.05, 4.69) is 15.9 Å². The molecule has 2 aromatic rings. The molecule has 0 aliphatic carbocycles. The molecule has 0 fully saturated rings. The van der Waals surface area contributed by atoms with E-state index in [4.69, 9.17) is 19.9 Å². The molecule has 0 spiro atoms. The Balaban J connectivity index is 1.71. The van der Waals surface area contributed by atoms with Gasteiger partial charge in [-0.3, -0.25) is 0 Å². The van der Waals surface area contributed by atoms with Gasteiger partial charge in [-0.2, -0.15) is 0 Å². The van der Waals surface area contributed by atoms with Crippen LogP contribution in [0.15, 0.2) is 40.9 Å². The number of fused-ring (bicyclic) bond motifs is 2. The van der Waals surface area contributed by atoms with E-state index in [0.29, 0.717) is 0 Å². The Labute approximate surface area is 130 Å². The monoisotopic (exact) mass is 347 g/mol. The lowest BCUT2D eigenvalue weighted by Crippen LogP contribution is -2.24. The van der Waals surface area contributed by atoms with E-state index in [1.165, 1.54) is 0 Å². The average molecular weight is 348 g/mol. The van der Waals surface area contributed by atoms with E-state index in [1.54, 1.807) is 0 Å². The highest BCUT2D eigenvalue weighted by Crippen LogP contribution is 2.45. The van der Waals surface area contributed by atoms with Crippen LogP contribution in [0, 0.1) is 0 Å². The van der Waals surface area contributed by atoms with Crippen molar-refractivity contribution in [2.75, 3.05) is 6.79 Å². The van der Waals surface area contributed by atoms with E-state index in [0.717, 1.165) is 39.3 Å². The molecule has 0 saturated heterocycles. The molecule has 0 amide bonds. The predicted octanol–water partition coefficient (Wildman–Crippen LogP) is 3.70. The maximum Gasteiger partial charge on any atom is 0.231 e. The van der Waals surface area contributed by atoms with Gasteiger partial charge in [-0.05, 0) is 39.7 Å². The zero-order valence-electron chi connectivity index (χ0n) is 11.2. The molecule has 0 radical (unpaired) electrons. The lowest BCUT2D eigenvalue weighted by atomic mass is 9.93. The Bertz CT molecular complexity index is 704. The zero-order chi connectivity index (χ0) is 14.4. The topological polar surface area (TPSA) is 53.7 Å². The number of benzene rings is 2. The first-order valence-electron chi connectivity index (χ1n) is 6.82. The molecule has 0 saturated carbocycles. The van der Waals surface area contributed by atoms with Crippen molar-refractivity contribution in [3.05, 3.63) is 52.0 Å². The fourth-order valence-electron chi connectivity index (χ4n) is 2.83. The molecule has 4 nitrogen and oxygen atoms in total. The molecule has 0 aromatic heterocycles. The summed E-state index contributed by atoms with van der Waals surface area (Å²) in [6.07, 6.45) is 0.656. The van der Waals surface area contributed by atoms with Crippen LogP contribution in [-0.2, 0) is 0 Å². The summed E-state index contributed by atoms with van der Waals surface area (Å²) in [4.78, 5) is 0. The maximum absolute atomic E-state index is 6.28. The first-order valence-corrected chi connectivity index (χ1v) is 7.62. The first kappa shape index (κ1) is 13.0. The molecular formula is C16H14BrNO3. The minimum Gasteiger partial charge on any atom is -0.485 e. The average Bonchev–Trinajstić information content (AvgIpc) is 2.96. The van der Waals surface area contributed by atoms with Gasteiger partial charge in [0.25, 0.3) is 0 Å². The minimum atomic E-state index is -0.0827. The van der Waals surface area contributed by atoms with Crippen LogP contribution in [0.25, 0.3) is 0 Å². The van der Waals surface area contributed by atoms with Crippen molar-refractivity contribution in [1.29, 1.82) is 0 Å². The first-order chi connectivity index (χ1) is 10.2. The van der Waals surface area contributed by atoms with Crippen molar-refractivity contribution in [1.82, 2.24) is 0 Å². The fraction of sp³-hybridized carbons (Fsp3) is 0.250. The van der Waals surface area contributed by atoms with Crippen LogP contribution in [0.2, 0.25) is 0 Å². The maximum atomic E-state index is 6.28. The van der Waals surface area contributed by atoms with Gasteiger partial charge in [0.05, 0.1) is 4.47 Å². The molecule has 2 aliphatic rings. The summed E-state index contributed by atoms with van der Waals surface area (Å²) >= 11 is 3.52. The Kier molecular flexibility index (Phi) is 3.05. The fourth-order valence-corrected chi connectivity index (χ4v) is 3.40. The summed E-state index contributed by atoms with van der Waals surface area (Å²) in [7, 11) is 0. The third-order valence-electron chi connectivity index (χ3n) is 3.88. The Morgan fingerprint density at radius 1 is 1.10 bits per heavy atom. The SMILES string of the molecule is NC1CC(c2cc(Br)c3c(c2)OCO3)Oc2ccccc21. The van der Waals surface area contributed by atoms with Crippen LogP contribution in [0.5, 0.6) is 17.2 Å². The van der Waals surface area contributed by atoms with Gasteiger partial charge in [-0.25, -0.2) is 0 Å². The second-order valence-corrected chi connectivity index (χ2v) is 6.08. The van der Waals surface area contributed by atoms with Crippen molar-refractivity contribution in [2.45, 2.75) is 18.6 Å². The second kappa shape index (κ2) is 4.93. The standard InChI is InChI=1S/C16H14BrNO3/c17-11-5-9(6-15-16(11)20-8-19-15)14-7-12(18)10-3-1-2-4-13(10)21-14/h1-6,12,14H,7-8,18H2. The Morgan fingerprint density at radius 2 is 1.95 bits per heavy atom. The second-order valence-electron chi connectivity index (χ2n) is 5.22. The van der Waals surface area contributed by atoms with Gasteiger partial charge in [0, 0.05) is 18.0 Å². The lowest BCUT2D eigenvalue weighted by molar-refractivity contribution is 0.160. The summed E-state index contributed by atoms with van der Waals surface area (Å²) in [6.45, 7) is 0.255. The molecule has 2 heterocycles. The van der Waals surface area contributed by atoms with Crippen LogP contribution in [0.1, 0.15) is 29.7 Å². The largest absolute Gasteiger partial charge is 0.485 e. The lowest BCUT2D eigenvalue weighted by Gasteiger charge is -2.30. The molecule has 2 aromatic carbocycles. The van der Waals surface area contributed by atoms with Crippen molar-refractivity contribution < 1.29 is 14.2 Å². The van der Waals surface area contributed by atoms with E-state index in [-0.39, 0.29) is 18.9 Å². The number of para-hydroxylation sites is 1. The van der Waals surface area contributed by atoms with Crippen molar-refractivity contribution in [2.24, 2.45) is 5.73 Å². The normalized spacial score (nSPS) is 22.6. The van der Waals surface area contributed by atoms with Crippen molar-refractivity contribution >= 4 is 15.9 Å². The number of ether oxygens (including phenoxy) is 3. The summed E-state index contributed by atoms with van der Waals surface area (Å²) in [5.74, 6) is 2.35. The molecule has 2 N–H and O–H groups in total. The minimum absolute atomic E-state index is 0.0239. The molecule has 2 unspecified atom stereocenters. The van der Waals surface area contributed by atoms with E-state index >= 15 is 0 Å². The smallest absolute Gasteiger partial charge is 0.231 e. The van der Waals surface area contributed by atoms with Crippen LogP contribution >= 0.6 is 15.9 Å². The number of hydrogen-bond donors (Lipinski definition) is 1. The third-order valence-corrected chi connectivity index (χ3v) is 4.47. The molecule has 21 heavy (non-hydrogen) atoms. The van der Waals surface area contributed by atoms with Crippen molar-refractivity contribution in [3.8, 4) is 17.2 Å². The molecule has 2 aliphatic heterocycles. The van der Waals surface area contributed by atoms with Gasteiger partial charge < -0.3 is 19.9 Å². The van der Waals surface area contributed by atoms with Crippen LogP contribution in [0.4, 0.5) is 0 Å². The van der Waals surface area contributed by atoms with Gasteiger partial charge in [-0.15, -0.1) is 0 Å².